The van der Waals surface area contributed by atoms with E-state index in [0.29, 0.717) is 0 Å². The Kier molecular flexibility index (Phi) is 7.10. The Morgan fingerprint density at radius 2 is 1.89 bits per heavy atom. The molecule has 0 radical (unpaired) electrons. The minimum absolute atomic E-state index is 0.00944. The summed E-state index contributed by atoms with van der Waals surface area (Å²) >= 11 is 0. The fourth-order valence-corrected chi connectivity index (χ4v) is 4.77. The number of carbonyl (C=O) groups excluding carboxylic acids is 1. The van der Waals surface area contributed by atoms with Crippen LogP contribution < -0.4 is 15.5 Å². The number of amides is 1. The van der Waals surface area contributed by atoms with Crippen LogP contribution in [0.5, 0.6) is 0 Å². The first-order valence-corrected chi connectivity index (χ1v) is 11.6. The molecule has 1 saturated heterocycles. The number of benzene rings is 1. The second-order valence-corrected chi connectivity index (χ2v) is 8.97. The van der Waals surface area contributed by atoms with Crippen LogP contribution >= 0.6 is 0 Å². The van der Waals surface area contributed by atoms with Gasteiger partial charge >= 0.3 is 6.18 Å². The van der Waals surface area contributed by atoms with Gasteiger partial charge in [-0.1, -0.05) is 18.9 Å². The number of nitrogens with zero attached hydrogens (tertiary/aromatic N) is 4. The number of halogens is 4. The van der Waals surface area contributed by atoms with E-state index < -0.39 is 24.0 Å². The van der Waals surface area contributed by atoms with Crippen molar-refractivity contribution in [3.8, 4) is 17.3 Å². The van der Waals surface area contributed by atoms with Crippen LogP contribution in [0.25, 0.3) is 11.3 Å². The topological polar surface area (TPSA) is 93.9 Å². The molecule has 0 bridgehead atoms. The first-order chi connectivity index (χ1) is 16.7. The number of piperidine rings is 1. The van der Waals surface area contributed by atoms with Gasteiger partial charge in [0.05, 0.1) is 17.2 Å². The van der Waals surface area contributed by atoms with Gasteiger partial charge in [-0.3, -0.25) is 4.79 Å². The number of anilines is 2. The van der Waals surface area contributed by atoms with Crippen LogP contribution in [0.15, 0.2) is 24.3 Å². The molecule has 1 amide bonds. The van der Waals surface area contributed by atoms with Crippen molar-refractivity contribution in [3.63, 3.8) is 0 Å². The highest BCUT2D eigenvalue weighted by molar-refractivity contribution is 5.80. The Hall–Kier alpha value is -3.42. The maximum Gasteiger partial charge on any atom is 0.408 e. The van der Waals surface area contributed by atoms with Crippen LogP contribution in [0.4, 0.5) is 29.3 Å². The van der Waals surface area contributed by atoms with Crippen molar-refractivity contribution in [3.05, 3.63) is 35.6 Å². The molecule has 2 aliphatic rings. The van der Waals surface area contributed by atoms with Crippen LogP contribution in [-0.2, 0) is 4.79 Å². The second-order valence-electron chi connectivity index (χ2n) is 8.97. The number of rotatable bonds is 5. The quantitative estimate of drug-likeness (QED) is 0.604. The van der Waals surface area contributed by atoms with Gasteiger partial charge in [0.1, 0.15) is 23.7 Å². The Bertz CT molecular complexity index is 1130. The van der Waals surface area contributed by atoms with Crippen molar-refractivity contribution in [2.75, 3.05) is 23.8 Å². The number of alkyl halides is 3. The number of carbonyl (C=O) groups is 1. The molecule has 4 rings (SSSR count). The van der Waals surface area contributed by atoms with Crippen LogP contribution in [0.3, 0.4) is 0 Å². The van der Waals surface area contributed by atoms with Crippen molar-refractivity contribution >= 4 is 17.7 Å². The Morgan fingerprint density at radius 1 is 1.14 bits per heavy atom. The lowest BCUT2D eigenvalue weighted by Crippen LogP contribution is -2.54. The van der Waals surface area contributed by atoms with Gasteiger partial charge in [0.2, 0.25) is 11.9 Å². The van der Waals surface area contributed by atoms with E-state index in [1.54, 1.807) is 6.07 Å². The van der Waals surface area contributed by atoms with Gasteiger partial charge in [-0.15, -0.1) is 0 Å². The molecule has 2 N–H and O–H groups in total. The molecule has 1 aromatic heterocycles. The number of aromatic nitrogens is 2. The third-order valence-electron chi connectivity index (χ3n) is 6.65. The number of nitrogens with one attached hydrogen (secondary N) is 2. The summed E-state index contributed by atoms with van der Waals surface area (Å²) in [5.41, 5.74) is 0.333. The number of hydrogen-bond donors (Lipinski definition) is 2. The fourth-order valence-electron chi connectivity index (χ4n) is 4.77. The van der Waals surface area contributed by atoms with Crippen LogP contribution in [0.2, 0.25) is 0 Å². The molecular weight excluding hydrogens is 464 g/mol. The molecule has 7 nitrogen and oxygen atoms in total. The highest BCUT2D eigenvalue weighted by atomic mass is 19.4. The number of hydrogen-bond acceptors (Lipinski definition) is 6. The Balaban J connectivity index is 1.68. The van der Waals surface area contributed by atoms with Gasteiger partial charge < -0.3 is 15.5 Å². The van der Waals surface area contributed by atoms with Gasteiger partial charge in [0.15, 0.2) is 0 Å². The molecule has 2 fully saturated rings. The minimum atomic E-state index is -4.53. The third-order valence-corrected chi connectivity index (χ3v) is 6.65. The van der Waals surface area contributed by atoms with E-state index in [9.17, 15) is 22.4 Å². The fraction of sp³-hybridized carbons (Fsp3) is 0.500. The lowest BCUT2D eigenvalue weighted by atomic mass is 9.91. The first-order valence-electron chi connectivity index (χ1n) is 11.6. The average Bonchev–Trinajstić information content (AvgIpc) is 3.35. The lowest BCUT2D eigenvalue weighted by molar-refractivity contribution is -0.156. The van der Waals surface area contributed by atoms with Gasteiger partial charge in [0, 0.05) is 31.3 Å². The van der Waals surface area contributed by atoms with Crippen LogP contribution in [0, 0.1) is 23.1 Å². The molecule has 2 heterocycles. The van der Waals surface area contributed by atoms with E-state index in [1.165, 1.54) is 25.2 Å². The largest absolute Gasteiger partial charge is 0.408 e. The van der Waals surface area contributed by atoms with Gasteiger partial charge in [-0.25, -0.2) is 9.37 Å². The monoisotopic (exact) mass is 490 g/mol. The summed E-state index contributed by atoms with van der Waals surface area (Å²) in [5, 5.41) is 14.7. The van der Waals surface area contributed by atoms with Crippen LogP contribution in [0.1, 0.15) is 44.1 Å². The molecule has 1 aliphatic carbocycles. The van der Waals surface area contributed by atoms with E-state index in [1.807, 2.05) is 0 Å². The maximum atomic E-state index is 14.2. The van der Waals surface area contributed by atoms with Gasteiger partial charge in [0.25, 0.3) is 0 Å². The zero-order valence-electron chi connectivity index (χ0n) is 19.2. The molecule has 1 saturated carbocycles. The SMILES string of the molecule is CNc1nc(-c2ccc(C#N)c(F)c2)cc(N2C[C@@H](C(=O)NC3CCCC3)CC[C@H]2C(F)(F)F)n1. The van der Waals surface area contributed by atoms with E-state index in [4.69, 9.17) is 5.26 Å². The van der Waals surface area contributed by atoms with Crippen molar-refractivity contribution in [2.24, 2.45) is 5.92 Å². The smallest absolute Gasteiger partial charge is 0.357 e. The normalized spacial score (nSPS) is 21.0. The molecule has 0 spiro atoms. The standard InChI is InChI=1S/C24H26F4N6O/c1-30-23-32-19(14-6-7-15(12-29)18(25)10-14)11-21(33-23)34-13-16(8-9-20(34)24(26,27)28)22(35)31-17-4-2-3-5-17/h6-7,10-11,16-17,20H,2-5,8-9,13H2,1H3,(H,31,35)(H,30,32,33)/t16-,20-/m0/s1. The minimum Gasteiger partial charge on any atom is -0.357 e. The summed E-state index contributed by atoms with van der Waals surface area (Å²) in [4.78, 5) is 22.5. The molecule has 2 atom stereocenters. The van der Waals surface area contributed by atoms with Gasteiger partial charge in [-0.05, 0) is 37.8 Å². The lowest BCUT2D eigenvalue weighted by Gasteiger charge is -2.41. The number of nitriles is 1. The average molecular weight is 491 g/mol. The Labute approximate surface area is 200 Å². The molecular formula is C24H26F4N6O. The van der Waals surface area contributed by atoms with Crippen LogP contribution in [-0.4, -0.2) is 47.7 Å². The highest BCUT2D eigenvalue weighted by Gasteiger charge is 2.48. The second kappa shape index (κ2) is 10.1. The molecule has 186 valence electrons. The summed E-state index contributed by atoms with van der Waals surface area (Å²) in [5.74, 6) is -1.56. The van der Waals surface area contributed by atoms with Crippen molar-refractivity contribution in [1.82, 2.24) is 15.3 Å². The van der Waals surface area contributed by atoms with Gasteiger partial charge in [-0.2, -0.15) is 23.4 Å². The summed E-state index contributed by atoms with van der Waals surface area (Å²) in [6.45, 7) is -0.149. The van der Waals surface area contributed by atoms with E-state index >= 15 is 0 Å². The zero-order chi connectivity index (χ0) is 25.2. The maximum absolute atomic E-state index is 14.2. The van der Waals surface area contributed by atoms with E-state index in [0.717, 1.165) is 36.6 Å². The summed E-state index contributed by atoms with van der Waals surface area (Å²) in [6.07, 6.45) is -0.819. The molecule has 0 unspecified atom stereocenters. The summed E-state index contributed by atoms with van der Waals surface area (Å²) in [7, 11) is 1.53. The van der Waals surface area contributed by atoms with E-state index in [2.05, 4.69) is 20.6 Å². The predicted octanol–water partition coefficient (Wildman–Crippen LogP) is 4.40. The molecule has 1 aromatic carbocycles. The first kappa shape index (κ1) is 24.7. The van der Waals surface area contributed by atoms with E-state index in [-0.39, 0.29) is 59.9 Å². The zero-order valence-corrected chi connectivity index (χ0v) is 19.2. The summed E-state index contributed by atoms with van der Waals surface area (Å²) < 4.78 is 56.2. The predicted molar refractivity (Wildman–Crippen MR) is 122 cm³/mol. The van der Waals surface area contributed by atoms with Crippen molar-refractivity contribution < 1.29 is 22.4 Å². The molecule has 35 heavy (non-hydrogen) atoms. The van der Waals surface area contributed by atoms with Crippen molar-refractivity contribution in [2.45, 2.75) is 56.8 Å². The Morgan fingerprint density at radius 3 is 2.51 bits per heavy atom. The third kappa shape index (κ3) is 5.47. The summed E-state index contributed by atoms with van der Waals surface area (Å²) in [6, 6.07) is 5.22. The van der Waals surface area contributed by atoms with Crippen molar-refractivity contribution in [1.29, 1.82) is 5.26 Å². The molecule has 11 heteroatoms. The molecule has 2 aromatic rings. The molecule has 1 aliphatic heterocycles. The highest BCUT2D eigenvalue weighted by Crippen LogP contribution is 2.38.